The minimum absolute atomic E-state index is 0.809. The molecule has 0 radical (unpaired) electrons. The first-order valence-corrected chi connectivity index (χ1v) is 7.23. The fourth-order valence-electron chi connectivity index (χ4n) is 1.42. The van der Waals surface area contributed by atoms with Crippen molar-refractivity contribution in [3.63, 3.8) is 0 Å². The number of nitrogens with one attached hydrogen (secondary N) is 2. The van der Waals surface area contributed by atoms with Gasteiger partial charge in [-0.25, -0.2) is 4.98 Å². The third kappa shape index (κ3) is 4.06. The van der Waals surface area contributed by atoms with Gasteiger partial charge in [-0.3, -0.25) is 5.10 Å². The van der Waals surface area contributed by atoms with Crippen molar-refractivity contribution in [2.24, 2.45) is 0 Å². The molecule has 0 unspecified atom stereocenters. The summed E-state index contributed by atoms with van der Waals surface area (Å²) in [5.41, 5.74) is 0. The number of aryl methyl sites for hydroxylation is 1. The molecule has 92 valence electrons. The van der Waals surface area contributed by atoms with Crippen molar-refractivity contribution < 1.29 is 0 Å². The summed E-state index contributed by atoms with van der Waals surface area (Å²) in [7, 11) is 0. The molecular weight excluding hydrogens is 324 g/mol. The molecule has 0 saturated heterocycles. The van der Waals surface area contributed by atoms with Crippen molar-refractivity contribution in [3.8, 4) is 0 Å². The van der Waals surface area contributed by atoms with Gasteiger partial charge < -0.3 is 5.32 Å². The predicted octanol–water partition coefficient (Wildman–Crippen LogP) is 3.00. The normalized spacial score (nSPS) is 10.9. The number of rotatable bonds is 6. The number of H-pyrrole nitrogens is 1. The number of halogens is 2. The zero-order chi connectivity index (χ0) is 12.1. The van der Waals surface area contributed by atoms with Crippen molar-refractivity contribution >= 4 is 38.9 Å². The maximum Gasteiger partial charge on any atom is 0.137 e. The second kappa shape index (κ2) is 6.49. The summed E-state index contributed by atoms with van der Waals surface area (Å²) < 4.78 is 1.78. The van der Waals surface area contributed by atoms with E-state index in [0.29, 0.717) is 0 Å². The van der Waals surface area contributed by atoms with Crippen LogP contribution in [0.2, 0.25) is 4.34 Å². The first-order chi connectivity index (χ1) is 8.25. The van der Waals surface area contributed by atoms with Gasteiger partial charge in [0.25, 0.3) is 0 Å². The molecule has 0 aliphatic rings. The van der Waals surface area contributed by atoms with E-state index >= 15 is 0 Å². The van der Waals surface area contributed by atoms with Gasteiger partial charge in [-0.1, -0.05) is 11.6 Å². The van der Waals surface area contributed by atoms with Gasteiger partial charge in [0.15, 0.2) is 0 Å². The Hall–Kier alpha value is -0.430. The van der Waals surface area contributed by atoms with Gasteiger partial charge in [0.05, 0.1) is 0 Å². The summed E-state index contributed by atoms with van der Waals surface area (Å²) >= 11 is 11.0. The Morgan fingerprint density at radius 1 is 1.53 bits per heavy atom. The first-order valence-electron chi connectivity index (χ1n) is 5.24. The molecule has 2 aromatic heterocycles. The largest absolute Gasteiger partial charge is 0.312 e. The number of aromatic amines is 1. The topological polar surface area (TPSA) is 53.6 Å². The van der Waals surface area contributed by atoms with E-state index in [1.54, 1.807) is 11.3 Å². The minimum atomic E-state index is 0.809. The Morgan fingerprint density at radius 2 is 2.41 bits per heavy atom. The molecule has 0 saturated carbocycles. The van der Waals surface area contributed by atoms with Crippen LogP contribution < -0.4 is 5.32 Å². The minimum Gasteiger partial charge on any atom is -0.312 e. The molecule has 0 spiro atoms. The first kappa shape index (κ1) is 13.0. The molecule has 0 aliphatic carbocycles. The predicted molar refractivity (Wildman–Crippen MR) is 73.4 cm³/mol. The molecule has 4 nitrogen and oxygen atoms in total. The fourth-order valence-corrected chi connectivity index (χ4v) is 3.18. The summed E-state index contributed by atoms with van der Waals surface area (Å²) in [6, 6.07) is 2.05. The number of aromatic nitrogens is 3. The van der Waals surface area contributed by atoms with E-state index in [1.165, 1.54) is 11.2 Å². The SMILES string of the molecule is Clc1sc(CNCCCc2ncn[nH]2)cc1Br. The molecule has 0 fully saturated rings. The molecule has 0 amide bonds. The number of hydrogen-bond acceptors (Lipinski definition) is 4. The maximum atomic E-state index is 5.96. The van der Waals surface area contributed by atoms with E-state index < -0.39 is 0 Å². The molecule has 0 bridgehead atoms. The summed E-state index contributed by atoms with van der Waals surface area (Å²) in [5.74, 6) is 0.939. The average Bonchev–Trinajstić information content (AvgIpc) is 2.90. The van der Waals surface area contributed by atoms with Crippen molar-refractivity contribution in [3.05, 3.63) is 31.9 Å². The fraction of sp³-hybridized carbons (Fsp3) is 0.400. The van der Waals surface area contributed by atoms with E-state index in [9.17, 15) is 0 Å². The number of nitrogens with zero attached hydrogens (tertiary/aromatic N) is 2. The van der Waals surface area contributed by atoms with Gasteiger partial charge in [0.1, 0.15) is 16.5 Å². The summed E-state index contributed by atoms with van der Waals surface area (Å²) in [4.78, 5) is 5.31. The van der Waals surface area contributed by atoms with Crippen LogP contribution in [0, 0.1) is 0 Å². The molecular formula is C10H12BrClN4S. The summed E-state index contributed by atoms with van der Waals surface area (Å²) in [5, 5.41) is 10.0. The lowest BCUT2D eigenvalue weighted by Crippen LogP contribution is -2.14. The standard InChI is InChI=1S/C10H12BrClN4S/c11-8-4-7(17-10(8)12)5-13-3-1-2-9-14-6-15-16-9/h4,6,13H,1-3,5H2,(H,14,15,16). The van der Waals surface area contributed by atoms with E-state index in [0.717, 1.165) is 40.6 Å². The van der Waals surface area contributed by atoms with Crippen molar-refractivity contribution in [2.75, 3.05) is 6.54 Å². The van der Waals surface area contributed by atoms with Crippen LogP contribution in [-0.2, 0) is 13.0 Å². The van der Waals surface area contributed by atoms with Gasteiger partial charge in [-0.15, -0.1) is 11.3 Å². The van der Waals surface area contributed by atoms with Gasteiger partial charge in [0, 0.05) is 22.3 Å². The van der Waals surface area contributed by atoms with E-state index in [4.69, 9.17) is 11.6 Å². The second-order valence-corrected chi connectivity index (χ2v) is 6.14. The number of hydrogen-bond donors (Lipinski definition) is 2. The Labute approximate surface area is 117 Å². The van der Waals surface area contributed by atoms with Crippen molar-refractivity contribution in [1.29, 1.82) is 0 Å². The summed E-state index contributed by atoms with van der Waals surface area (Å²) in [6.45, 7) is 1.81. The van der Waals surface area contributed by atoms with Crippen LogP contribution in [0.5, 0.6) is 0 Å². The zero-order valence-electron chi connectivity index (χ0n) is 9.04. The lowest BCUT2D eigenvalue weighted by Gasteiger charge is -2.01. The third-order valence-electron chi connectivity index (χ3n) is 2.23. The molecule has 0 aromatic carbocycles. The van der Waals surface area contributed by atoms with Crippen LogP contribution in [0.1, 0.15) is 17.1 Å². The third-order valence-corrected chi connectivity index (χ3v) is 4.70. The Morgan fingerprint density at radius 3 is 3.06 bits per heavy atom. The van der Waals surface area contributed by atoms with Crippen LogP contribution in [0.4, 0.5) is 0 Å². The lowest BCUT2D eigenvalue weighted by atomic mass is 10.3. The molecule has 2 rings (SSSR count). The highest BCUT2D eigenvalue weighted by Crippen LogP contribution is 2.31. The second-order valence-electron chi connectivity index (χ2n) is 3.55. The Kier molecular flexibility index (Phi) is 4.97. The van der Waals surface area contributed by atoms with E-state index in [1.807, 2.05) is 0 Å². The van der Waals surface area contributed by atoms with Gasteiger partial charge in [0.2, 0.25) is 0 Å². The van der Waals surface area contributed by atoms with Gasteiger partial charge in [-0.2, -0.15) is 5.10 Å². The Bertz CT molecular complexity index is 437. The molecule has 2 N–H and O–H groups in total. The van der Waals surface area contributed by atoms with E-state index in [2.05, 4.69) is 42.5 Å². The molecule has 0 aliphatic heterocycles. The zero-order valence-corrected chi connectivity index (χ0v) is 12.2. The highest BCUT2D eigenvalue weighted by Gasteiger charge is 2.03. The van der Waals surface area contributed by atoms with Crippen molar-refractivity contribution in [2.45, 2.75) is 19.4 Å². The maximum absolute atomic E-state index is 5.96. The molecule has 2 aromatic rings. The smallest absolute Gasteiger partial charge is 0.137 e. The van der Waals surface area contributed by atoms with Gasteiger partial charge >= 0.3 is 0 Å². The highest BCUT2D eigenvalue weighted by atomic mass is 79.9. The average molecular weight is 336 g/mol. The van der Waals surface area contributed by atoms with Crippen LogP contribution in [0.25, 0.3) is 0 Å². The molecule has 7 heteroatoms. The quantitative estimate of drug-likeness (QED) is 0.798. The number of thiophene rings is 1. The van der Waals surface area contributed by atoms with Crippen LogP contribution in [0.15, 0.2) is 16.9 Å². The highest BCUT2D eigenvalue weighted by molar-refractivity contribution is 9.10. The lowest BCUT2D eigenvalue weighted by molar-refractivity contribution is 0.644. The monoisotopic (exact) mass is 334 g/mol. The Balaban J connectivity index is 1.63. The van der Waals surface area contributed by atoms with E-state index in [-0.39, 0.29) is 0 Å². The van der Waals surface area contributed by atoms with Crippen LogP contribution in [-0.4, -0.2) is 21.7 Å². The van der Waals surface area contributed by atoms with Crippen molar-refractivity contribution in [1.82, 2.24) is 20.5 Å². The molecule has 17 heavy (non-hydrogen) atoms. The molecule has 0 atom stereocenters. The van der Waals surface area contributed by atoms with Crippen LogP contribution >= 0.6 is 38.9 Å². The summed E-state index contributed by atoms with van der Waals surface area (Å²) in [6.07, 6.45) is 3.49. The molecule has 2 heterocycles. The van der Waals surface area contributed by atoms with Gasteiger partial charge in [-0.05, 0) is 35.0 Å². The van der Waals surface area contributed by atoms with Crippen LogP contribution in [0.3, 0.4) is 0 Å².